The van der Waals surface area contributed by atoms with Gasteiger partial charge in [-0.15, -0.1) is 0 Å². The maximum Gasteiger partial charge on any atom is 0.274 e. The average Bonchev–Trinajstić information content (AvgIpc) is 2.53. The lowest BCUT2D eigenvalue weighted by molar-refractivity contribution is -0.0169. The summed E-state index contributed by atoms with van der Waals surface area (Å²) in [5.74, 6) is -0.120. The van der Waals surface area contributed by atoms with Gasteiger partial charge in [-0.05, 0) is 12.1 Å². The van der Waals surface area contributed by atoms with E-state index in [2.05, 4.69) is 9.97 Å². The van der Waals surface area contributed by atoms with E-state index >= 15 is 0 Å². The van der Waals surface area contributed by atoms with Crippen LogP contribution in [0.5, 0.6) is 0 Å². The maximum atomic E-state index is 12.4. The van der Waals surface area contributed by atoms with Crippen molar-refractivity contribution >= 4 is 16.9 Å². The number of aromatic nitrogens is 2. The van der Waals surface area contributed by atoms with E-state index in [4.69, 9.17) is 10.5 Å². The summed E-state index contributed by atoms with van der Waals surface area (Å²) in [6.45, 7) is 1.98. The Labute approximate surface area is 116 Å². The summed E-state index contributed by atoms with van der Waals surface area (Å²) in [7, 11) is 0. The number of carbonyl (C=O) groups is 1. The molecule has 0 bridgehead atoms. The Kier molecular flexibility index (Phi) is 3.58. The lowest BCUT2D eigenvalue weighted by atomic mass is 10.2. The van der Waals surface area contributed by atoms with Gasteiger partial charge in [-0.2, -0.15) is 0 Å². The van der Waals surface area contributed by atoms with Crippen molar-refractivity contribution < 1.29 is 9.53 Å². The lowest BCUT2D eigenvalue weighted by Gasteiger charge is -2.32. The molecule has 0 radical (unpaired) electrons. The van der Waals surface area contributed by atoms with Crippen LogP contribution < -0.4 is 5.73 Å². The monoisotopic (exact) mass is 272 g/mol. The summed E-state index contributed by atoms with van der Waals surface area (Å²) in [6, 6.07) is 7.49. The average molecular weight is 272 g/mol. The fraction of sp³-hybridized carbons (Fsp3) is 0.357. The molecule has 1 saturated heterocycles. The third-order valence-electron chi connectivity index (χ3n) is 3.36. The van der Waals surface area contributed by atoms with Gasteiger partial charge in [0.25, 0.3) is 5.91 Å². The first-order valence-corrected chi connectivity index (χ1v) is 6.60. The minimum absolute atomic E-state index is 0.0962. The molecule has 2 heterocycles. The molecule has 0 aliphatic carbocycles. The van der Waals surface area contributed by atoms with Crippen molar-refractivity contribution in [3.8, 4) is 0 Å². The largest absolute Gasteiger partial charge is 0.373 e. The molecule has 3 rings (SSSR count). The van der Waals surface area contributed by atoms with Gasteiger partial charge in [-0.25, -0.2) is 4.98 Å². The maximum absolute atomic E-state index is 12.4. The smallest absolute Gasteiger partial charge is 0.274 e. The van der Waals surface area contributed by atoms with Crippen molar-refractivity contribution in [2.45, 2.75) is 6.10 Å². The van der Waals surface area contributed by atoms with E-state index in [9.17, 15) is 4.79 Å². The van der Waals surface area contributed by atoms with Crippen molar-refractivity contribution in [1.29, 1.82) is 0 Å². The van der Waals surface area contributed by atoms with Gasteiger partial charge in [-0.3, -0.25) is 9.78 Å². The van der Waals surface area contributed by atoms with E-state index in [0.717, 1.165) is 11.0 Å². The molecule has 104 valence electrons. The van der Waals surface area contributed by atoms with Crippen LogP contribution >= 0.6 is 0 Å². The van der Waals surface area contributed by atoms with Crippen molar-refractivity contribution in [2.24, 2.45) is 5.73 Å². The molecule has 1 amide bonds. The Morgan fingerprint density at radius 1 is 1.40 bits per heavy atom. The van der Waals surface area contributed by atoms with Gasteiger partial charge < -0.3 is 15.4 Å². The number of ether oxygens (including phenoxy) is 1. The van der Waals surface area contributed by atoms with Crippen LogP contribution in [0.3, 0.4) is 0 Å². The Morgan fingerprint density at radius 2 is 2.20 bits per heavy atom. The van der Waals surface area contributed by atoms with E-state index in [0.29, 0.717) is 31.9 Å². The molecule has 1 aromatic carbocycles. The topological polar surface area (TPSA) is 81.3 Å². The lowest BCUT2D eigenvalue weighted by Crippen LogP contribution is -2.48. The summed E-state index contributed by atoms with van der Waals surface area (Å²) >= 11 is 0. The summed E-state index contributed by atoms with van der Waals surface area (Å²) in [4.78, 5) is 22.8. The van der Waals surface area contributed by atoms with Crippen LogP contribution in [0.4, 0.5) is 0 Å². The number of hydrogen-bond acceptors (Lipinski definition) is 5. The molecule has 20 heavy (non-hydrogen) atoms. The Bertz CT molecular complexity index is 631. The van der Waals surface area contributed by atoms with E-state index in [1.54, 1.807) is 4.90 Å². The van der Waals surface area contributed by atoms with Crippen LogP contribution in [0.25, 0.3) is 11.0 Å². The number of amides is 1. The van der Waals surface area contributed by atoms with Crippen LogP contribution in [0, 0.1) is 0 Å². The van der Waals surface area contributed by atoms with Crippen LogP contribution in [0.2, 0.25) is 0 Å². The Balaban J connectivity index is 1.84. The molecule has 1 aliphatic rings. The third kappa shape index (κ3) is 2.48. The highest BCUT2D eigenvalue weighted by atomic mass is 16.5. The third-order valence-corrected chi connectivity index (χ3v) is 3.36. The van der Waals surface area contributed by atoms with E-state index in [-0.39, 0.29) is 12.0 Å². The number of nitrogens with two attached hydrogens (primary N) is 1. The Hall–Kier alpha value is -2.05. The van der Waals surface area contributed by atoms with E-state index < -0.39 is 0 Å². The number of morpholine rings is 1. The van der Waals surface area contributed by atoms with Crippen LogP contribution in [-0.2, 0) is 4.74 Å². The second-order valence-electron chi connectivity index (χ2n) is 4.72. The van der Waals surface area contributed by atoms with Crippen molar-refractivity contribution in [1.82, 2.24) is 14.9 Å². The van der Waals surface area contributed by atoms with Gasteiger partial charge in [-0.1, -0.05) is 12.1 Å². The Morgan fingerprint density at radius 3 is 3.00 bits per heavy atom. The van der Waals surface area contributed by atoms with E-state index in [1.807, 2.05) is 24.3 Å². The normalized spacial score (nSPS) is 19.2. The van der Waals surface area contributed by atoms with Crippen molar-refractivity contribution in [2.75, 3.05) is 26.2 Å². The van der Waals surface area contributed by atoms with Gasteiger partial charge in [0.15, 0.2) is 0 Å². The molecule has 0 saturated carbocycles. The molecule has 0 spiro atoms. The molecule has 2 aromatic rings. The quantitative estimate of drug-likeness (QED) is 0.857. The fourth-order valence-electron chi connectivity index (χ4n) is 2.27. The predicted molar refractivity (Wildman–Crippen MR) is 74.2 cm³/mol. The molecule has 1 atom stereocenters. The first-order valence-electron chi connectivity index (χ1n) is 6.60. The molecule has 1 unspecified atom stereocenters. The highest BCUT2D eigenvalue weighted by Gasteiger charge is 2.25. The number of fused-ring (bicyclic) bond motifs is 1. The first-order chi connectivity index (χ1) is 9.78. The van der Waals surface area contributed by atoms with Gasteiger partial charge in [0.2, 0.25) is 0 Å². The first kappa shape index (κ1) is 13.0. The molecule has 1 fully saturated rings. The SMILES string of the molecule is NCC1CN(C(=O)c2cnc3ccccc3n2)CCO1. The van der Waals surface area contributed by atoms with Crippen LogP contribution in [0.15, 0.2) is 30.5 Å². The highest BCUT2D eigenvalue weighted by molar-refractivity contribution is 5.93. The molecule has 6 nitrogen and oxygen atoms in total. The zero-order valence-corrected chi connectivity index (χ0v) is 11.0. The zero-order chi connectivity index (χ0) is 13.9. The second-order valence-corrected chi connectivity index (χ2v) is 4.72. The second kappa shape index (κ2) is 5.52. The number of para-hydroxylation sites is 2. The minimum Gasteiger partial charge on any atom is -0.373 e. The minimum atomic E-state index is -0.120. The summed E-state index contributed by atoms with van der Waals surface area (Å²) < 4.78 is 5.46. The number of rotatable bonds is 2. The highest BCUT2D eigenvalue weighted by Crippen LogP contribution is 2.12. The van der Waals surface area contributed by atoms with Gasteiger partial charge in [0, 0.05) is 19.6 Å². The molecular weight excluding hydrogens is 256 g/mol. The fourth-order valence-corrected chi connectivity index (χ4v) is 2.27. The molecular formula is C14H16N4O2. The van der Waals surface area contributed by atoms with Crippen molar-refractivity contribution in [3.05, 3.63) is 36.2 Å². The zero-order valence-electron chi connectivity index (χ0n) is 11.0. The summed E-state index contributed by atoms with van der Waals surface area (Å²) in [6.07, 6.45) is 1.43. The van der Waals surface area contributed by atoms with Gasteiger partial charge >= 0.3 is 0 Å². The summed E-state index contributed by atoms with van der Waals surface area (Å²) in [5, 5.41) is 0. The van der Waals surface area contributed by atoms with E-state index in [1.165, 1.54) is 6.20 Å². The van der Waals surface area contributed by atoms with Gasteiger partial charge in [0.05, 0.1) is 29.9 Å². The number of benzene rings is 1. The molecule has 1 aliphatic heterocycles. The van der Waals surface area contributed by atoms with Crippen LogP contribution in [0.1, 0.15) is 10.5 Å². The molecule has 1 aromatic heterocycles. The van der Waals surface area contributed by atoms with Gasteiger partial charge in [0.1, 0.15) is 5.69 Å². The number of hydrogen-bond donors (Lipinski definition) is 1. The van der Waals surface area contributed by atoms with Crippen LogP contribution in [-0.4, -0.2) is 53.1 Å². The number of nitrogens with zero attached hydrogens (tertiary/aromatic N) is 3. The number of carbonyl (C=O) groups excluding carboxylic acids is 1. The summed E-state index contributed by atoms with van der Waals surface area (Å²) in [5.41, 5.74) is 7.46. The van der Waals surface area contributed by atoms with Crippen molar-refractivity contribution in [3.63, 3.8) is 0 Å². The standard InChI is InChI=1S/C14H16N4O2/c15-7-10-9-18(5-6-20-10)14(19)13-8-16-11-3-1-2-4-12(11)17-13/h1-4,8,10H,5-7,9,15H2. The molecule has 2 N–H and O–H groups in total. The molecule has 6 heteroatoms. The predicted octanol–water partition coefficient (Wildman–Crippen LogP) is 0.429.